The fraction of sp³-hybridized carbons (Fsp3) is 0.133. The van der Waals surface area contributed by atoms with Gasteiger partial charge >= 0.3 is 12.1 Å². The molecule has 0 amide bonds. The molecule has 0 atom stereocenters. The lowest BCUT2D eigenvalue weighted by Crippen LogP contribution is -2.10. The van der Waals surface area contributed by atoms with Crippen LogP contribution in [0.2, 0.25) is 0 Å². The molecule has 0 heterocycles. The summed E-state index contributed by atoms with van der Waals surface area (Å²) in [6.45, 7) is 0. The van der Waals surface area contributed by atoms with Crippen molar-refractivity contribution in [3.8, 4) is 11.1 Å². The van der Waals surface area contributed by atoms with Crippen LogP contribution in [0.5, 0.6) is 0 Å². The Morgan fingerprint density at radius 2 is 1.71 bits per heavy atom. The standard InChI is InChI=1S/C15H10F4O2/c16-13-4-2-1-3-11(13)10-6-5-9(8-14(20)21)7-12(10)15(17,18)19/h1-7H,8H2,(H,20,21). The second kappa shape index (κ2) is 5.55. The summed E-state index contributed by atoms with van der Waals surface area (Å²) in [4.78, 5) is 10.6. The predicted molar refractivity (Wildman–Crippen MR) is 68.2 cm³/mol. The van der Waals surface area contributed by atoms with Gasteiger partial charge in [-0.25, -0.2) is 4.39 Å². The molecule has 0 aliphatic rings. The number of carboxylic acid groups (broad SMARTS) is 1. The third kappa shape index (κ3) is 3.39. The van der Waals surface area contributed by atoms with Gasteiger partial charge in [-0.1, -0.05) is 30.3 Å². The lowest BCUT2D eigenvalue weighted by atomic mass is 9.96. The lowest BCUT2D eigenvalue weighted by Gasteiger charge is -2.15. The summed E-state index contributed by atoms with van der Waals surface area (Å²) >= 11 is 0. The van der Waals surface area contributed by atoms with Gasteiger partial charge in [-0.15, -0.1) is 0 Å². The Hall–Kier alpha value is -2.37. The smallest absolute Gasteiger partial charge is 0.417 e. The van der Waals surface area contributed by atoms with E-state index in [1.807, 2.05) is 0 Å². The first kappa shape index (κ1) is 15.0. The molecule has 0 bridgehead atoms. The van der Waals surface area contributed by atoms with Crippen LogP contribution in [-0.4, -0.2) is 11.1 Å². The topological polar surface area (TPSA) is 37.3 Å². The number of hydrogen-bond donors (Lipinski definition) is 1. The maximum absolute atomic E-state index is 13.7. The molecule has 2 nitrogen and oxygen atoms in total. The van der Waals surface area contributed by atoms with Gasteiger partial charge < -0.3 is 5.11 Å². The molecule has 21 heavy (non-hydrogen) atoms. The van der Waals surface area contributed by atoms with Crippen LogP contribution in [0.4, 0.5) is 17.6 Å². The molecule has 0 aromatic heterocycles. The van der Waals surface area contributed by atoms with Crippen LogP contribution in [0.15, 0.2) is 42.5 Å². The third-order valence-corrected chi connectivity index (χ3v) is 2.91. The van der Waals surface area contributed by atoms with Crippen molar-refractivity contribution in [2.45, 2.75) is 12.6 Å². The van der Waals surface area contributed by atoms with Crippen LogP contribution >= 0.6 is 0 Å². The SMILES string of the molecule is O=C(O)Cc1ccc(-c2ccccc2F)c(C(F)(F)F)c1. The van der Waals surface area contributed by atoms with E-state index in [0.717, 1.165) is 18.2 Å². The highest BCUT2D eigenvalue weighted by Gasteiger charge is 2.34. The molecule has 0 radical (unpaired) electrons. The highest BCUT2D eigenvalue weighted by molar-refractivity contribution is 5.73. The molecule has 0 aliphatic heterocycles. The first-order chi connectivity index (χ1) is 9.79. The Balaban J connectivity index is 2.61. The number of hydrogen-bond acceptors (Lipinski definition) is 1. The van der Waals surface area contributed by atoms with Gasteiger partial charge in [0.25, 0.3) is 0 Å². The zero-order valence-electron chi connectivity index (χ0n) is 10.6. The summed E-state index contributed by atoms with van der Waals surface area (Å²) < 4.78 is 53.0. The Morgan fingerprint density at radius 3 is 2.29 bits per heavy atom. The Labute approximate surface area is 117 Å². The van der Waals surface area contributed by atoms with E-state index >= 15 is 0 Å². The highest BCUT2D eigenvalue weighted by Crippen LogP contribution is 2.38. The number of aliphatic carboxylic acids is 1. The quantitative estimate of drug-likeness (QED) is 0.865. The minimum absolute atomic E-state index is 0.00918. The van der Waals surface area contributed by atoms with Gasteiger partial charge in [-0.2, -0.15) is 13.2 Å². The molecule has 0 fully saturated rings. The Morgan fingerprint density at radius 1 is 1.05 bits per heavy atom. The number of carbonyl (C=O) groups is 1. The van der Waals surface area contributed by atoms with Crippen molar-refractivity contribution in [3.63, 3.8) is 0 Å². The maximum Gasteiger partial charge on any atom is 0.417 e. The molecule has 0 saturated carbocycles. The molecule has 110 valence electrons. The highest BCUT2D eigenvalue weighted by atomic mass is 19.4. The van der Waals surface area contributed by atoms with Crippen molar-refractivity contribution in [2.24, 2.45) is 0 Å². The van der Waals surface area contributed by atoms with Gasteiger partial charge in [0.15, 0.2) is 0 Å². The number of halogens is 4. The molecule has 2 aromatic rings. The largest absolute Gasteiger partial charge is 0.481 e. The average Bonchev–Trinajstić information content (AvgIpc) is 2.38. The normalized spacial score (nSPS) is 11.4. The van der Waals surface area contributed by atoms with Crippen LogP contribution in [0.25, 0.3) is 11.1 Å². The van der Waals surface area contributed by atoms with Crippen molar-refractivity contribution in [2.75, 3.05) is 0 Å². The Kier molecular flexibility index (Phi) is 3.97. The first-order valence-corrected chi connectivity index (χ1v) is 5.96. The lowest BCUT2D eigenvalue weighted by molar-refractivity contribution is -0.138. The van der Waals surface area contributed by atoms with Gasteiger partial charge in [0.1, 0.15) is 5.82 Å². The van der Waals surface area contributed by atoms with E-state index in [4.69, 9.17) is 5.11 Å². The number of benzene rings is 2. The van der Waals surface area contributed by atoms with Gasteiger partial charge in [0, 0.05) is 5.56 Å². The first-order valence-electron chi connectivity index (χ1n) is 5.96. The van der Waals surface area contributed by atoms with Crippen LogP contribution in [0.3, 0.4) is 0 Å². The van der Waals surface area contributed by atoms with Crippen molar-refractivity contribution >= 4 is 5.97 Å². The molecule has 0 saturated heterocycles. The summed E-state index contributed by atoms with van der Waals surface area (Å²) in [5.74, 6) is -2.00. The van der Waals surface area contributed by atoms with Crippen LogP contribution in [0, 0.1) is 5.82 Å². The zero-order chi connectivity index (χ0) is 15.6. The molecular weight excluding hydrogens is 288 g/mol. The summed E-state index contributed by atoms with van der Waals surface area (Å²) in [6, 6.07) is 8.23. The molecule has 2 aromatic carbocycles. The van der Waals surface area contributed by atoms with E-state index in [-0.39, 0.29) is 16.7 Å². The monoisotopic (exact) mass is 298 g/mol. The van der Waals surface area contributed by atoms with Gasteiger partial charge in [-0.05, 0) is 23.3 Å². The minimum Gasteiger partial charge on any atom is -0.481 e. The maximum atomic E-state index is 13.7. The average molecular weight is 298 g/mol. The minimum atomic E-state index is -4.70. The zero-order valence-corrected chi connectivity index (χ0v) is 10.6. The number of carboxylic acids is 1. The fourth-order valence-electron chi connectivity index (χ4n) is 2.03. The fourth-order valence-corrected chi connectivity index (χ4v) is 2.03. The van der Waals surface area contributed by atoms with E-state index in [2.05, 4.69) is 0 Å². The second-order valence-electron chi connectivity index (χ2n) is 4.43. The molecule has 0 aliphatic carbocycles. The van der Waals surface area contributed by atoms with E-state index in [1.165, 1.54) is 24.3 Å². The van der Waals surface area contributed by atoms with Crippen molar-refractivity contribution in [3.05, 3.63) is 59.4 Å². The molecular formula is C15H10F4O2. The third-order valence-electron chi connectivity index (χ3n) is 2.91. The Bertz CT molecular complexity index is 678. The summed E-state index contributed by atoms with van der Waals surface area (Å²) in [6.07, 6.45) is -5.23. The van der Waals surface area contributed by atoms with Crippen molar-refractivity contribution in [1.29, 1.82) is 0 Å². The summed E-state index contributed by atoms with van der Waals surface area (Å²) in [5, 5.41) is 8.65. The van der Waals surface area contributed by atoms with E-state index in [1.54, 1.807) is 0 Å². The van der Waals surface area contributed by atoms with E-state index < -0.39 is 29.9 Å². The molecule has 0 unspecified atom stereocenters. The summed E-state index contributed by atoms with van der Waals surface area (Å²) in [7, 11) is 0. The van der Waals surface area contributed by atoms with E-state index in [9.17, 15) is 22.4 Å². The van der Waals surface area contributed by atoms with Crippen LogP contribution in [-0.2, 0) is 17.4 Å². The number of alkyl halides is 3. The summed E-state index contributed by atoms with van der Waals surface area (Å²) in [5.41, 5.74) is -1.53. The van der Waals surface area contributed by atoms with Crippen molar-refractivity contribution < 1.29 is 27.5 Å². The molecule has 6 heteroatoms. The van der Waals surface area contributed by atoms with Gasteiger partial charge in [-0.3, -0.25) is 4.79 Å². The van der Waals surface area contributed by atoms with E-state index in [0.29, 0.717) is 0 Å². The number of rotatable bonds is 3. The van der Waals surface area contributed by atoms with Crippen LogP contribution < -0.4 is 0 Å². The molecule has 2 rings (SSSR count). The van der Waals surface area contributed by atoms with Crippen molar-refractivity contribution in [1.82, 2.24) is 0 Å². The van der Waals surface area contributed by atoms with Crippen LogP contribution in [0.1, 0.15) is 11.1 Å². The second-order valence-corrected chi connectivity index (χ2v) is 4.43. The molecule has 0 spiro atoms. The van der Waals surface area contributed by atoms with Gasteiger partial charge in [0.2, 0.25) is 0 Å². The molecule has 1 N–H and O–H groups in total. The predicted octanol–water partition coefficient (Wildman–Crippen LogP) is 4.14. The van der Waals surface area contributed by atoms with Gasteiger partial charge in [0.05, 0.1) is 12.0 Å².